The second-order valence-corrected chi connectivity index (χ2v) is 17.5. The van der Waals surface area contributed by atoms with Gasteiger partial charge in [0.2, 0.25) is 5.12 Å². The molecule has 19 heavy (non-hydrogen) atoms. The van der Waals surface area contributed by atoms with Crippen LogP contribution in [0.2, 0.25) is 39.3 Å². The van der Waals surface area contributed by atoms with Gasteiger partial charge in [0.1, 0.15) is 16.5 Å². The number of benzene rings is 1. The predicted molar refractivity (Wildman–Crippen MR) is 92.0 cm³/mol. The van der Waals surface area contributed by atoms with E-state index in [1.54, 1.807) is 0 Å². The molecule has 0 aliphatic rings. The van der Waals surface area contributed by atoms with Crippen LogP contribution in [0.4, 0.5) is 0 Å². The van der Waals surface area contributed by atoms with E-state index in [4.69, 9.17) is 0 Å². The van der Waals surface area contributed by atoms with Gasteiger partial charge in [-0.25, -0.2) is 0 Å². The molecule has 0 aromatic heterocycles. The number of carbonyl (C=O) groups excluding carboxylic acids is 1. The third-order valence-electron chi connectivity index (χ3n) is 3.13. The quantitative estimate of drug-likeness (QED) is 0.649. The number of hydrogen-bond donors (Lipinski definition) is 1. The van der Waals surface area contributed by atoms with Gasteiger partial charge in [-0.05, 0) is 11.6 Å². The lowest BCUT2D eigenvalue weighted by Crippen LogP contribution is -2.58. The van der Waals surface area contributed by atoms with Crippen LogP contribution in [0, 0.1) is 0 Å². The summed E-state index contributed by atoms with van der Waals surface area (Å²) < 4.78 is 2.71. The molecule has 0 unspecified atom stereocenters. The first-order valence-corrected chi connectivity index (χ1v) is 14.0. The van der Waals surface area contributed by atoms with Gasteiger partial charge < -0.3 is 4.23 Å². The number of rotatable bonds is 5. The minimum atomic E-state index is -1.36. The second-order valence-electron chi connectivity index (χ2n) is 6.93. The van der Waals surface area contributed by atoms with E-state index in [0.717, 1.165) is 6.54 Å². The van der Waals surface area contributed by atoms with E-state index in [1.165, 1.54) is 5.56 Å². The van der Waals surface area contributed by atoms with Crippen molar-refractivity contribution >= 4 is 34.2 Å². The summed E-state index contributed by atoms with van der Waals surface area (Å²) in [5.74, 6) is 0. The van der Waals surface area contributed by atoms with Crippen LogP contribution in [0.15, 0.2) is 24.3 Å². The first-order chi connectivity index (χ1) is 8.51. The van der Waals surface area contributed by atoms with Crippen molar-refractivity contribution in [3.05, 3.63) is 35.4 Å². The van der Waals surface area contributed by atoms with Gasteiger partial charge in [-0.2, -0.15) is 0 Å². The largest absolute Gasteiger partial charge is 0.342 e. The Morgan fingerprint density at radius 3 is 2.05 bits per heavy atom. The van der Waals surface area contributed by atoms with Crippen molar-refractivity contribution in [2.45, 2.75) is 45.8 Å². The lowest BCUT2D eigenvalue weighted by Gasteiger charge is -2.43. The maximum Gasteiger partial charge on any atom is 0.216 e. The highest BCUT2D eigenvalue weighted by molar-refractivity contribution is 7.97. The minimum Gasteiger partial charge on any atom is -0.342 e. The van der Waals surface area contributed by atoms with E-state index in [9.17, 15) is 4.79 Å². The molecular formula is C14H25NOSSi2. The molecule has 0 saturated carbocycles. The molecular weight excluding hydrogens is 286 g/mol. The van der Waals surface area contributed by atoms with E-state index in [1.807, 2.05) is 18.2 Å². The summed E-state index contributed by atoms with van der Waals surface area (Å²) in [6, 6.07) is 7.85. The van der Waals surface area contributed by atoms with Crippen molar-refractivity contribution < 1.29 is 4.79 Å². The van der Waals surface area contributed by atoms with Crippen LogP contribution < -0.4 is 0 Å². The van der Waals surface area contributed by atoms with E-state index < -0.39 is 16.5 Å². The standard InChI is InChI=1S/C14H25NOSSi2/c1-18(2,3)15(19(4,5)6)11-12-8-7-9-13(10-12)14(16)17/h7-10H,11H2,1-6H3,(H,16,17). The molecule has 0 saturated heterocycles. The lowest BCUT2D eigenvalue weighted by molar-refractivity contribution is 0.109. The Kier molecular flexibility index (Phi) is 5.23. The van der Waals surface area contributed by atoms with Crippen molar-refractivity contribution in [2.75, 3.05) is 0 Å². The van der Waals surface area contributed by atoms with Gasteiger partial charge in [-0.3, -0.25) is 4.79 Å². The summed E-state index contributed by atoms with van der Waals surface area (Å²) >= 11 is 3.90. The van der Waals surface area contributed by atoms with Crippen LogP contribution >= 0.6 is 12.6 Å². The Balaban J connectivity index is 3.04. The molecule has 0 aliphatic heterocycles. The van der Waals surface area contributed by atoms with Gasteiger partial charge >= 0.3 is 0 Å². The van der Waals surface area contributed by atoms with Gasteiger partial charge in [0.05, 0.1) is 0 Å². The van der Waals surface area contributed by atoms with E-state index in [0.29, 0.717) is 5.56 Å². The first-order valence-electron chi connectivity index (χ1n) is 6.62. The minimum absolute atomic E-state index is 0.158. The normalized spacial score (nSPS) is 12.8. The highest BCUT2D eigenvalue weighted by Crippen LogP contribution is 2.23. The Morgan fingerprint density at radius 2 is 1.63 bits per heavy atom. The molecule has 0 heterocycles. The maximum absolute atomic E-state index is 11.3. The van der Waals surface area contributed by atoms with Crippen molar-refractivity contribution in [3.8, 4) is 0 Å². The maximum atomic E-state index is 11.3. The summed E-state index contributed by atoms with van der Waals surface area (Å²) in [5.41, 5.74) is 1.90. The summed E-state index contributed by atoms with van der Waals surface area (Å²) in [4.78, 5) is 11.3. The molecule has 1 aromatic rings. The van der Waals surface area contributed by atoms with Gasteiger partial charge in [-0.15, -0.1) is 12.6 Å². The monoisotopic (exact) mass is 311 g/mol. The average molecular weight is 312 g/mol. The second kappa shape index (κ2) is 5.95. The van der Waals surface area contributed by atoms with Crippen molar-refractivity contribution in [1.29, 1.82) is 0 Å². The van der Waals surface area contributed by atoms with Crippen molar-refractivity contribution in [3.63, 3.8) is 0 Å². The molecule has 0 aliphatic carbocycles. The molecule has 0 radical (unpaired) electrons. The van der Waals surface area contributed by atoms with Crippen molar-refractivity contribution in [2.24, 2.45) is 0 Å². The van der Waals surface area contributed by atoms with Crippen LogP contribution in [0.3, 0.4) is 0 Å². The smallest absolute Gasteiger partial charge is 0.216 e. The summed E-state index contributed by atoms with van der Waals surface area (Å²) in [7, 11) is -2.72. The summed E-state index contributed by atoms with van der Waals surface area (Å²) in [6.07, 6.45) is 0. The molecule has 1 rings (SSSR count). The third-order valence-corrected chi connectivity index (χ3v) is 11.0. The van der Waals surface area contributed by atoms with Crippen LogP contribution in [0.25, 0.3) is 0 Å². The highest BCUT2D eigenvalue weighted by atomic mass is 32.1. The molecule has 1 aromatic carbocycles. The third kappa shape index (κ3) is 4.91. The molecule has 0 spiro atoms. The molecule has 2 nitrogen and oxygen atoms in total. The Hall–Kier alpha value is -0.366. The number of hydrogen-bond acceptors (Lipinski definition) is 2. The molecule has 0 N–H and O–H groups in total. The fraction of sp³-hybridized carbons (Fsp3) is 0.500. The van der Waals surface area contributed by atoms with Crippen LogP contribution in [0.5, 0.6) is 0 Å². The molecule has 0 amide bonds. The lowest BCUT2D eigenvalue weighted by atomic mass is 10.1. The molecule has 106 valence electrons. The number of nitrogens with zero attached hydrogens (tertiary/aromatic N) is 1. The van der Waals surface area contributed by atoms with Crippen LogP contribution in [0.1, 0.15) is 15.9 Å². The first kappa shape index (κ1) is 16.7. The fourth-order valence-electron chi connectivity index (χ4n) is 2.47. The topological polar surface area (TPSA) is 20.3 Å². The SMILES string of the molecule is C[Si](C)(C)N(Cc1cccc(C(=O)S)c1)[Si](C)(C)C. The number of carbonyl (C=O) groups is 1. The Bertz CT molecular complexity index is 449. The highest BCUT2D eigenvalue weighted by Gasteiger charge is 2.34. The fourth-order valence-corrected chi connectivity index (χ4v) is 12.0. The molecule has 0 bridgehead atoms. The zero-order chi connectivity index (χ0) is 14.8. The van der Waals surface area contributed by atoms with Crippen LogP contribution in [-0.2, 0) is 6.54 Å². The predicted octanol–water partition coefficient (Wildman–Crippen LogP) is 4.23. The van der Waals surface area contributed by atoms with E-state index >= 15 is 0 Å². The van der Waals surface area contributed by atoms with Gasteiger partial charge in [-0.1, -0.05) is 57.5 Å². The Morgan fingerprint density at radius 1 is 1.11 bits per heavy atom. The summed E-state index contributed by atoms with van der Waals surface area (Å²) in [5, 5.41) is -0.158. The molecule has 5 heteroatoms. The number of thiol groups is 1. The van der Waals surface area contributed by atoms with Gasteiger partial charge in [0, 0.05) is 12.1 Å². The molecule has 0 fully saturated rings. The van der Waals surface area contributed by atoms with E-state index in [-0.39, 0.29) is 5.12 Å². The zero-order valence-corrected chi connectivity index (χ0v) is 15.7. The van der Waals surface area contributed by atoms with E-state index in [2.05, 4.69) is 62.2 Å². The van der Waals surface area contributed by atoms with Crippen LogP contribution in [-0.4, -0.2) is 25.8 Å². The van der Waals surface area contributed by atoms with Gasteiger partial charge in [0.25, 0.3) is 0 Å². The molecule has 0 atom stereocenters. The van der Waals surface area contributed by atoms with Crippen molar-refractivity contribution in [1.82, 2.24) is 4.23 Å². The summed E-state index contributed by atoms with van der Waals surface area (Å²) in [6.45, 7) is 15.3. The zero-order valence-electron chi connectivity index (χ0n) is 12.8. The average Bonchev–Trinajstić information content (AvgIpc) is 2.23. The Labute approximate surface area is 124 Å². The van der Waals surface area contributed by atoms with Gasteiger partial charge in [0.15, 0.2) is 0 Å².